The smallest absolute Gasteiger partial charge is 0.267 e. The van der Waals surface area contributed by atoms with Crippen molar-refractivity contribution < 1.29 is 4.79 Å². The van der Waals surface area contributed by atoms with Crippen molar-refractivity contribution in [2.75, 3.05) is 5.43 Å². The Kier molecular flexibility index (Phi) is 3.05. The molecule has 2 aromatic carbocycles. The van der Waals surface area contributed by atoms with Gasteiger partial charge in [0.2, 0.25) is 0 Å². The Morgan fingerprint density at radius 3 is 2.68 bits per heavy atom. The maximum Gasteiger partial charge on any atom is 0.271 e. The number of carbonyl (C=O) groups excluding carboxylic acids is 1. The quantitative estimate of drug-likeness (QED) is 0.789. The fourth-order valence-corrected chi connectivity index (χ4v) is 2.33. The van der Waals surface area contributed by atoms with Crippen LogP contribution in [0.1, 0.15) is 10.4 Å². The summed E-state index contributed by atoms with van der Waals surface area (Å²) in [6.07, 6.45) is 1.60. The monoisotopic (exact) mass is 315 g/mol. The number of imidazole rings is 1. The first-order valence-electron chi connectivity index (χ1n) is 5.74. The minimum Gasteiger partial charge on any atom is -0.267 e. The fraction of sp³-hybridized carbons (Fsp3) is 0. The first-order valence-corrected chi connectivity index (χ1v) is 6.53. The molecular formula is C14H10BrN3O. The molecule has 1 N–H and O–H groups in total. The van der Waals surface area contributed by atoms with Crippen LogP contribution < -0.4 is 5.43 Å². The molecule has 0 spiro atoms. The number of amides is 1. The number of para-hydroxylation sites is 2. The largest absolute Gasteiger partial charge is 0.271 e. The van der Waals surface area contributed by atoms with Crippen LogP contribution in [-0.2, 0) is 0 Å². The molecule has 1 amide bonds. The molecule has 0 fully saturated rings. The van der Waals surface area contributed by atoms with E-state index in [9.17, 15) is 4.79 Å². The van der Waals surface area contributed by atoms with E-state index in [0.29, 0.717) is 5.56 Å². The van der Waals surface area contributed by atoms with E-state index in [4.69, 9.17) is 0 Å². The van der Waals surface area contributed by atoms with Crippen molar-refractivity contribution in [2.24, 2.45) is 0 Å². The van der Waals surface area contributed by atoms with Crippen LogP contribution in [0, 0.1) is 0 Å². The van der Waals surface area contributed by atoms with Gasteiger partial charge in [0.1, 0.15) is 6.33 Å². The van der Waals surface area contributed by atoms with Crippen molar-refractivity contribution in [2.45, 2.75) is 0 Å². The van der Waals surface area contributed by atoms with Gasteiger partial charge in [-0.1, -0.05) is 24.3 Å². The van der Waals surface area contributed by atoms with Gasteiger partial charge < -0.3 is 0 Å². The van der Waals surface area contributed by atoms with Gasteiger partial charge in [-0.25, -0.2) is 9.66 Å². The number of rotatable bonds is 2. The SMILES string of the molecule is O=C(Nn1cnc2ccccc21)c1ccccc1Br. The minimum atomic E-state index is -0.185. The molecule has 94 valence electrons. The van der Waals surface area contributed by atoms with Crippen LogP contribution in [0.4, 0.5) is 0 Å². The van der Waals surface area contributed by atoms with E-state index in [1.807, 2.05) is 42.5 Å². The molecule has 1 aromatic heterocycles. The number of hydrogen-bond acceptors (Lipinski definition) is 2. The predicted molar refractivity (Wildman–Crippen MR) is 77.6 cm³/mol. The highest BCUT2D eigenvalue weighted by molar-refractivity contribution is 9.10. The summed E-state index contributed by atoms with van der Waals surface area (Å²) in [5, 5.41) is 0. The molecule has 4 nitrogen and oxygen atoms in total. The zero-order valence-corrected chi connectivity index (χ0v) is 11.5. The summed E-state index contributed by atoms with van der Waals surface area (Å²) >= 11 is 3.37. The predicted octanol–water partition coefficient (Wildman–Crippen LogP) is 3.18. The number of carbonyl (C=O) groups is 1. The molecule has 0 saturated carbocycles. The summed E-state index contributed by atoms with van der Waals surface area (Å²) in [6, 6.07) is 14.9. The Morgan fingerprint density at radius 2 is 1.84 bits per heavy atom. The second kappa shape index (κ2) is 4.85. The molecule has 0 radical (unpaired) electrons. The zero-order chi connectivity index (χ0) is 13.2. The van der Waals surface area contributed by atoms with E-state index in [-0.39, 0.29) is 5.91 Å². The number of aromatic nitrogens is 2. The van der Waals surface area contributed by atoms with E-state index in [1.54, 1.807) is 17.1 Å². The van der Waals surface area contributed by atoms with E-state index in [1.165, 1.54) is 0 Å². The molecular weight excluding hydrogens is 306 g/mol. The standard InChI is InChI=1S/C14H10BrN3O/c15-11-6-2-1-5-10(11)14(19)17-18-9-16-12-7-3-4-8-13(12)18/h1-9H,(H,17,19). The minimum absolute atomic E-state index is 0.185. The highest BCUT2D eigenvalue weighted by atomic mass is 79.9. The van der Waals surface area contributed by atoms with E-state index in [0.717, 1.165) is 15.5 Å². The highest BCUT2D eigenvalue weighted by Gasteiger charge is 2.10. The van der Waals surface area contributed by atoms with Crippen molar-refractivity contribution in [3.8, 4) is 0 Å². The third kappa shape index (κ3) is 2.24. The van der Waals surface area contributed by atoms with Gasteiger partial charge in [-0.05, 0) is 40.2 Å². The van der Waals surface area contributed by atoms with Crippen LogP contribution in [0.3, 0.4) is 0 Å². The van der Waals surface area contributed by atoms with Gasteiger partial charge in [0, 0.05) is 4.47 Å². The normalized spacial score (nSPS) is 10.6. The van der Waals surface area contributed by atoms with Crippen molar-refractivity contribution in [1.29, 1.82) is 0 Å². The Morgan fingerprint density at radius 1 is 1.11 bits per heavy atom. The van der Waals surface area contributed by atoms with Crippen molar-refractivity contribution >= 4 is 32.9 Å². The Balaban J connectivity index is 1.94. The lowest BCUT2D eigenvalue weighted by molar-refractivity contribution is 0.101. The van der Waals surface area contributed by atoms with Gasteiger partial charge in [-0.3, -0.25) is 10.2 Å². The second-order valence-electron chi connectivity index (χ2n) is 4.02. The summed E-state index contributed by atoms with van der Waals surface area (Å²) in [6.45, 7) is 0. The fourth-order valence-electron chi connectivity index (χ4n) is 1.86. The molecule has 0 saturated heterocycles. The van der Waals surface area contributed by atoms with Crippen LogP contribution in [0.2, 0.25) is 0 Å². The Labute approximate surface area is 118 Å². The number of fused-ring (bicyclic) bond motifs is 1. The number of halogens is 1. The van der Waals surface area contributed by atoms with Crippen molar-refractivity contribution in [3.05, 3.63) is 64.9 Å². The first-order chi connectivity index (χ1) is 9.25. The molecule has 0 aliphatic heterocycles. The lowest BCUT2D eigenvalue weighted by atomic mass is 10.2. The van der Waals surface area contributed by atoms with Crippen LogP contribution in [0.5, 0.6) is 0 Å². The topological polar surface area (TPSA) is 46.9 Å². The van der Waals surface area contributed by atoms with Gasteiger partial charge >= 0.3 is 0 Å². The summed E-state index contributed by atoms with van der Waals surface area (Å²) in [5.74, 6) is -0.185. The average molecular weight is 316 g/mol. The van der Waals surface area contributed by atoms with Crippen LogP contribution in [0.15, 0.2) is 59.3 Å². The first kappa shape index (κ1) is 11.9. The lowest BCUT2D eigenvalue weighted by Crippen LogP contribution is -2.22. The molecule has 0 atom stereocenters. The van der Waals surface area contributed by atoms with Crippen molar-refractivity contribution in [3.63, 3.8) is 0 Å². The van der Waals surface area contributed by atoms with Gasteiger partial charge in [-0.2, -0.15) is 0 Å². The molecule has 5 heteroatoms. The summed E-state index contributed by atoms with van der Waals surface area (Å²) in [7, 11) is 0. The molecule has 0 unspecified atom stereocenters. The number of nitrogens with one attached hydrogen (secondary N) is 1. The lowest BCUT2D eigenvalue weighted by Gasteiger charge is -2.08. The molecule has 0 bridgehead atoms. The van der Waals surface area contributed by atoms with Crippen LogP contribution >= 0.6 is 15.9 Å². The maximum absolute atomic E-state index is 12.2. The van der Waals surface area contributed by atoms with Crippen LogP contribution in [0.25, 0.3) is 11.0 Å². The Hall–Kier alpha value is -2.14. The average Bonchev–Trinajstić information content (AvgIpc) is 2.83. The van der Waals surface area contributed by atoms with E-state index < -0.39 is 0 Å². The summed E-state index contributed by atoms with van der Waals surface area (Å²) < 4.78 is 2.38. The second-order valence-corrected chi connectivity index (χ2v) is 4.88. The highest BCUT2D eigenvalue weighted by Crippen LogP contribution is 2.16. The van der Waals surface area contributed by atoms with E-state index >= 15 is 0 Å². The van der Waals surface area contributed by atoms with Crippen LogP contribution in [-0.4, -0.2) is 15.6 Å². The molecule has 3 aromatic rings. The molecule has 1 heterocycles. The zero-order valence-electron chi connectivity index (χ0n) is 9.88. The summed E-state index contributed by atoms with van der Waals surface area (Å²) in [4.78, 5) is 16.4. The molecule has 0 aliphatic rings. The number of hydrogen-bond donors (Lipinski definition) is 1. The summed E-state index contributed by atoms with van der Waals surface area (Å²) in [5.41, 5.74) is 5.10. The molecule has 19 heavy (non-hydrogen) atoms. The van der Waals surface area contributed by atoms with Gasteiger partial charge in [0.05, 0.1) is 16.6 Å². The van der Waals surface area contributed by atoms with Crippen molar-refractivity contribution in [1.82, 2.24) is 9.66 Å². The maximum atomic E-state index is 12.2. The number of benzene rings is 2. The van der Waals surface area contributed by atoms with Gasteiger partial charge in [0.15, 0.2) is 0 Å². The third-order valence-electron chi connectivity index (χ3n) is 2.79. The van der Waals surface area contributed by atoms with Gasteiger partial charge in [-0.15, -0.1) is 0 Å². The molecule has 0 aliphatic carbocycles. The number of nitrogens with zero attached hydrogens (tertiary/aromatic N) is 2. The van der Waals surface area contributed by atoms with Gasteiger partial charge in [0.25, 0.3) is 5.91 Å². The Bertz CT molecular complexity index is 751. The van der Waals surface area contributed by atoms with E-state index in [2.05, 4.69) is 26.3 Å². The third-order valence-corrected chi connectivity index (χ3v) is 3.49. The molecule has 3 rings (SSSR count).